The molecule has 1 aromatic carbocycles. The first kappa shape index (κ1) is 15.3. The van der Waals surface area contributed by atoms with Gasteiger partial charge in [0.05, 0.1) is 0 Å². The molecule has 0 radical (unpaired) electrons. The van der Waals surface area contributed by atoms with Crippen molar-refractivity contribution < 1.29 is 0 Å². The van der Waals surface area contributed by atoms with Crippen molar-refractivity contribution >= 4 is 29.9 Å². The van der Waals surface area contributed by atoms with E-state index in [2.05, 4.69) is 53.7 Å². The third-order valence-electron chi connectivity index (χ3n) is 3.20. The van der Waals surface area contributed by atoms with Gasteiger partial charge in [-0.1, -0.05) is 36.8 Å². The van der Waals surface area contributed by atoms with Crippen LogP contribution in [0.5, 0.6) is 0 Å². The Kier molecular flexibility index (Phi) is 5.91. The summed E-state index contributed by atoms with van der Waals surface area (Å²) >= 11 is 0. The Hall–Kier alpha value is -0.780. The van der Waals surface area contributed by atoms with Crippen LogP contribution >= 0.6 is 24.0 Å². The van der Waals surface area contributed by atoms with E-state index in [0.29, 0.717) is 6.04 Å². The topological polar surface area (TPSA) is 36.4 Å². The van der Waals surface area contributed by atoms with Crippen molar-refractivity contribution in [3.63, 3.8) is 0 Å². The first-order valence-corrected chi connectivity index (χ1v) is 6.22. The quantitative estimate of drug-likeness (QED) is 0.495. The molecule has 1 aromatic rings. The van der Waals surface area contributed by atoms with Crippen molar-refractivity contribution in [2.24, 2.45) is 10.9 Å². The number of hydrogen-bond donors (Lipinski definition) is 2. The van der Waals surface area contributed by atoms with Gasteiger partial charge in [0, 0.05) is 19.6 Å². The van der Waals surface area contributed by atoms with Gasteiger partial charge in [-0.3, -0.25) is 4.99 Å². The molecule has 18 heavy (non-hydrogen) atoms. The molecular weight excluding hydrogens is 337 g/mol. The molecule has 0 bridgehead atoms. The fourth-order valence-electron chi connectivity index (χ4n) is 1.90. The van der Waals surface area contributed by atoms with E-state index in [1.807, 2.05) is 7.05 Å². The lowest BCUT2D eigenvalue weighted by atomic mass is 10.1. The van der Waals surface area contributed by atoms with Crippen LogP contribution in [0, 0.1) is 12.8 Å². The van der Waals surface area contributed by atoms with Crippen LogP contribution in [0.15, 0.2) is 29.3 Å². The van der Waals surface area contributed by atoms with Crippen LogP contribution in [-0.4, -0.2) is 19.0 Å². The highest BCUT2D eigenvalue weighted by atomic mass is 127. The predicted octanol–water partition coefficient (Wildman–Crippen LogP) is 2.69. The van der Waals surface area contributed by atoms with Crippen molar-refractivity contribution in [1.29, 1.82) is 0 Å². The van der Waals surface area contributed by atoms with E-state index in [4.69, 9.17) is 0 Å². The Morgan fingerprint density at radius 3 is 2.72 bits per heavy atom. The summed E-state index contributed by atoms with van der Waals surface area (Å²) in [6.45, 7) is 5.19. The van der Waals surface area contributed by atoms with Crippen LogP contribution in [0.3, 0.4) is 0 Å². The summed E-state index contributed by atoms with van der Waals surface area (Å²) in [5.74, 6) is 1.69. The molecular formula is C14H22IN3. The third-order valence-corrected chi connectivity index (χ3v) is 3.20. The highest BCUT2D eigenvalue weighted by molar-refractivity contribution is 14.0. The number of aryl methyl sites for hydroxylation is 1. The molecule has 2 unspecified atom stereocenters. The lowest BCUT2D eigenvalue weighted by molar-refractivity contribution is 0.763. The van der Waals surface area contributed by atoms with E-state index in [9.17, 15) is 0 Å². The second-order valence-corrected chi connectivity index (χ2v) is 4.88. The number of nitrogens with zero attached hydrogens (tertiary/aromatic N) is 1. The van der Waals surface area contributed by atoms with E-state index in [-0.39, 0.29) is 24.0 Å². The molecule has 100 valence electrons. The molecule has 2 N–H and O–H groups in total. The van der Waals surface area contributed by atoms with Gasteiger partial charge in [0.1, 0.15) is 0 Å². The zero-order chi connectivity index (χ0) is 12.3. The van der Waals surface area contributed by atoms with E-state index >= 15 is 0 Å². The van der Waals surface area contributed by atoms with Crippen LogP contribution in [0.4, 0.5) is 0 Å². The smallest absolute Gasteiger partial charge is 0.191 e. The first-order chi connectivity index (χ1) is 8.19. The molecule has 1 aliphatic carbocycles. The predicted molar refractivity (Wildman–Crippen MR) is 87.5 cm³/mol. The molecule has 0 aromatic heterocycles. The van der Waals surface area contributed by atoms with Gasteiger partial charge >= 0.3 is 0 Å². The first-order valence-electron chi connectivity index (χ1n) is 6.22. The summed E-state index contributed by atoms with van der Waals surface area (Å²) in [6.07, 6.45) is 1.26. The minimum absolute atomic E-state index is 0. The van der Waals surface area contributed by atoms with Gasteiger partial charge in [0.15, 0.2) is 5.96 Å². The van der Waals surface area contributed by atoms with Crippen LogP contribution in [0.1, 0.15) is 24.5 Å². The highest BCUT2D eigenvalue weighted by Crippen LogP contribution is 2.28. The molecule has 0 heterocycles. The minimum atomic E-state index is 0. The molecule has 0 aliphatic heterocycles. The maximum absolute atomic E-state index is 4.23. The second-order valence-electron chi connectivity index (χ2n) is 4.88. The Balaban J connectivity index is 0.00000162. The Bertz CT molecular complexity index is 417. The van der Waals surface area contributed by atoms with Gasteiger partial charge in [-0.05, 0) is 24.8 Å². The number of rotatable bonds is 3. The number of guanidine groups is 1. The SMILES string of the molecule is CN=C(NCc1cccc(C)c1)NC1CC1C.I. The van der Waals surface area contributed by atoms with Gasteiger partial charge < -0.3 is 10.6 Å². The Morgan fingerprint density at radius 1 is 1.44 bits per heavy atom. The molecule has 0 saturated heterocycles. The molecule has 1 fully saturated rings. The molecule has 1 aliphatic rings. The van der Waals surface area contributed by atoms with Crippen LogP contribution < -0.4 is 10.6 Å². The van der Waals surface area contributed by atoms with Gasteiger partial charge in [0.25, 0.3) is 0 Å². The van der Waals surface area contributed by atoms with Gasteiger partial charge in [-0.25, -0.2) is 0 Å². The second kappa shape index (κ2) is 6.97. The van der Waals surface area contributed by atoms with Crippen molar-refractivity contribution in [3.8, 4) is 0 Å². The fraction of sp³-hybridized carbons (Fsp3) is 0.500. The van der Waals surface area contributed by atoms with E-state index in [1.165, 1.54) is 17.5 Å². The summed E-state index contributed by atoms with van der Waals surface area (Å²) in [5, 5.41) is 6.76. The summed E-state index contributed by atoms with van der Waals surface area (Å²) in [7, 11) is 1.82. The summed E-state index contributed by atoms with van der Waals surface area (Å²) in [6, 6.07) is 9.14. The third kappa shape index (κ3) is 4.48. The van der Waals surface area contributed by atoms with Gasteiger partial charge in [0.2, 0.25) is 0 Å². The average Bonchev–Trinajstić information content (AvgIpc) is 3.00. The number of benzene rings is 1. The Labute approximate surface area is 126 Å². The maximum Gasteiger partial charge on any atom is 0.191 e. The normalized spacial score (nSPS) is 22.1. The number of aliphatic imine (C=N–C) groups is 1. The lowest BCUT2D eigenvalue weighted by Crippen LogP contribution is -2.38. The minimum Gasteiger partial charge on any atom is -0.353 e. The molecule has 2 rings (SSSR count). The highest BCUT2D eigenvalue weighted by Gasteiger charge is 2.33. The van der Waals surface area contributed by atoms with Crippen molar-refractivity contribution in [2.75, 3.05) is 7.05 Å². The van der Waals surface area contributed by atoms with Gasteiger partial charge in [-0.15, -0.1) is 24.0 Å². The molecule has 0 amide bonds. The van der Waals surface area contributed by atoms with E-state index < -0.39 is 0 Å². The zero-order valence-electron chi connectivity index (χ0n) is 11.2. The van der Waals surface area contributed by atoms with Crippen LogP contribution in [0.2, 0.25) is 0 Å². The van der Waals surface area contributed by atoms with Gasteiger partial charge in [-0.2, -0.15) is 0 Å². The molecule has 0 spiro atoms. The maximum atomic E-state index is 4.23. The average molecular weight is 359 g/mol. The molecule has 1 saturated carbocycles. The molecule has 2 atom stereocenters. The van der Waals surface area contributed by atoms with Crippen molar-refractivity contribution in [1.82, 2.24) is 10.6 Å². The standard InChI is InChI=1S/C14H21N3.HI/c1-10-5-4-6-12(7-10)9-16-14(15-3)17-13-8-11(13)2;/h4-7,11,13H,8-9H2,1-3H3,(H2,15,16,17);1H. The van der Waals surface area contributed by atoms with Crippen molar-refractivity contribution in [3.05, 3.63) is 35.4 Å². The largest absolute Gasteiger partial charge is 0.353 e. The van der Waals surface area contributed by atoms with E-state index in [0.717, 1.165) is 18.4 Å². The summed E-state index contributed by atoms with van der Waals surface area (Å²) < 4.78 is 0. The fourth-order valence-corrected chi connectivity index (χ4v) is 1.90. The molecule has 4 heteroatoms. The molecule has 3 nitrogen and oxygen atoms in total. The lowest BCUT2D eigenvalue weighted by Gasteiger charge is -2.11. The number of nitrogens with one attached hydrogen (secondary N) is 2. The van der Waals surface area contributed by atoms with Crippen LogP contribution in [-0.2, 0) is 6.54 Å². The Morgan fingerprint density at radius 2 is 2.17 bits per heavy atom. The summed E-state index contributed by atoms with van der Waals surface area (Å²) in [4.78, 5) is 4.23. The number of halogens is 1. The van der Waals surface area contributed by atoms with Crippen LogP contribution in [0.25, 0.3) is 0 Å². The van der Waals surface area contributed by atoms with E-state index in [1.54, 1.807) is 0 Å². The number of hydrogen-bond acceptors (Lipinski definition) is 1. The monoisotopic (exact) mass is 359 g/mol. The van der Waals surface area contributed by atoms with Crippen molar-refractivity contribution in [2.45, 2.75) is 32.9 Å². The zero-order valence-corrected chi connectivity index (χ0v) is 13.6. The summed E-state index contributed by atoms with van der Waals surface area (Å²) in [5.41, 5.74) is 2.58.